The quantitative estimate of drug-likeness (QED) is 0.346. The van der Waals surface area contributed by atoms with E-state index in [4.69, 9.17) is 35.3 Å². The summed E-state index contributed by atoms with van der Waals surface area (Å²) >= 11 is 6.71. The monoisotopic (exact) mass is 691 g/mol. The zero-order valence-electron chi connectivity index (χ0n) is 28.9. The van der Waals surface area contributed by atoms with Crippen LogP contribution in [0.2, 0.25) is 5.02 Å². The van der Waals surface area contributed by atoms with Crippen molar-refractivity contribution in [2.75, 3.05) is 33.2 Å². The van der Waals surface area contributed by atoms with Crippen molar-refractivity contribution >= 4 is 41.2 Å². The molecule has 0 saturated carbocycles. The lowest BCUT2D eigenvalue weighted by Crippen LogP contribution is -2.63. The predicted molar refractivity (Wildman–Crippen MR) is 177 cm³/mol. The lowest BCUT2D eigenvalue weighted by molar-refractivity contribution is -0.161. The standard InChI is InChI=1S/C34H46ClN3O10/c1-18-11-10-12-26(45-9)34(43)17-25(46-32(42)36-34)19(2)30-33(5,48-30)27(47-31(41)20(3)37(6)21(4)39)16-28(40)38(7)23-14-22(13-18)15-24(44-8)29(23)35/h10-12,14-15,19-20,25-27,30,43H,13,16-17H2,1-9H3,(H,36,42)/b12-10+,18-11-/t19-,20-,25-,26+,27+,30+,33-,34-/m0/s1. The van der Waals surface area contributed by atoms with Crippen LogP contribution in [0.4, 0.5) is 10.5 Å². The molecule has 0 aromatic heterocycles. The van der Waals surface area contributed by atoms with Crippen molar-refractivity contribution in [3.63, 3.8) is 0 Å². The Hall–Kier alpha value is -3.65. The number of allylic oxidation sites excluding steroid dienone is 3. The molecule has 4 rings (SSSR count). The third kappa shape index (κ3) is 7.64. The third-order valence-corrected chi connectivity index (χ3v) is 10.0. The van der Waals surface area contributed by atoms with E-state index in [1.807, 2.05) is 13.0 Å². The SMILES string of the molecule is COc1cc2cc(c1Cl)N(C)C(=O)C[C@@H](OC(=O)[C@H](C)N(C)C(C)=O)[C@]1(C)O[C@@H]1[C@@H](C)[C@@H]1C[C@@](O)(NC(=O)O1)[C@H](OC)/C=C/C=C(/C)C2. The molecule has 3 aliphatic heterocycles. The van der Waals surface area contributed by atoms with E-state index in [9.17, 15) is 24.3 Å². The maximum Gasteiger partial charge on any atom is 0.409 e. The fourth-order valence-corrected chi connectivity index (χ4v) is 6.59. The van der Waals surface area contributed by atoms with Crippen LogP contribution >= 0.6 is 11.6 Å². The first-order chi connectivity index (χ1) is 22.4. The molecule has 0 unspecified atom stereocenters. The molecular weight excluding hydrogens is 646 g/mol. The summed E-state index contributed by atoms with van der Waals surface area (Å²) in [7, 11) is 5.97. The number of fused-ring (bicyclic) bond motifs is 5. The minimum absolute atomic E-state index is 0.0436. The van der Waals surface area contributed by atoms with Crippen LogP contribution in [0.15, 0.2) is 35.9 Å². The highest BCUT2D eigenvalue weighted by Gasteiger charge is 2.64. The number of esters is 1. The van der Waals surface area contributed by atoms with E-state index in [0.717, 1.165) is 11.1 Å². The number of amides is 3. The maximum atomic E-state index is 14.0. The molecule has 14 heteroatoms. The van der Waals surface area contributed by atoms with Crippen molar-refractivity contribution < 1.29 is 48.0 Å². The third-order valence-electron chi connectivity index (χ3n) is 9.63. The van der Waals surface area contributed by atoms with Gasteiger partial charge in [0.15, 0.2) is 5.72 Å². The number of nitrogens with one attached hydrogen (secondary N) is 1. The minimum Gasteiger partial charge on any atom is -0.495 e. The van der Waals surface area contributed by atoms with Crippen molar-refractivity contribution in [3.05, 3.63) is 46.5 Å². The summed E-state index contributed by atoms with van der Waals surface area (Å²) in [5, 5.41) is 14.4. The highest BCUT2D eigenvalue weighted by molar-refractivity contribution is 6.35. The van der Waals surface area contributed by atoms with Crippen molar-refractivity contribution in [1.82, 2.24) is 10.2 Å². The summed E-state index contributed by atoms with van der Waals surface area (Å²) in [5.74, 6) is -1.63. The number of carbonyl (C=O) groups excluding carboxylic acids is 4. The molecule has 3 amide bonds. The van der Waals surface area contributed by atoms with Crippen molar-refractivity contribution in [2.24, 2.45) is 5.92 Å². The van der Waals surface area contributed by atoms with Gasteiger partial charge in [0.1, 0.15) is 40.7 Å². The van der Waals surface area contributed by atoms with Crippen LogP contribution in [0.3, 0.4) is 0 Å². The number of ether oxygens (including phenoxy) is 5. The number of likely N-dealkylation sites (N-methyl/N-ethyl adjacent to an activating group) is 1. The molecule has 13 nitrogen and oxygen atoms in total. The molecular formula is C34H46ClN3O10. The lowest BCUT2D eigenvalue weighted by atomic mass is 9.83. The number of halogens is 1. The summed E-state index contributed by atoms with van der Waals surface area (Å²) in [5.41, 5.74) is -0.871. The summed E-state index contributed by atoms with van der Waals surface area (Å²) in [6.07, 6.45) is 1.02. The van der Waals surface area contributed by atoms with Gasteiger partial charge < -0.3 is 38.6 Å². The van der Waals surface area contributed by atoms with Crippen LogP contribution < -0.4 is 15.0 Å². The van der Waals surface area contributed by atoms with Gasteiger partial charge in [-0.15, -0.1) is 0 Å². The number of carbonyl (C=O) groups is 4. The van der Waals surface area contributed by atoms with E-state index in [1.54, 1.807) is 45.2 Å². The minimum atomic E-state index is -1.81. The van der Waals surface area contributed by atoms with E-state index in [-0.39, 0.29) is 23.8 Å². The zero-order chi connectivity index (χ0) is 35.7. The second kappa shape index (κ2) is 14.5. The number of aliphatic hydroxyl groups is 1. The molecule has 2 saturated heterocycles. The molecule has 264 valence electrons. The Morgan fingerprint density at radius 2 is 1.94 bits per heavy atom. The zero-order valence-corrected chi connectivity index (χ0v) is 29.6. The Morgan fingerprint density at radius 3 is 2.56 bits per heavy atom. The number of rotatable bonds is 5. The summed E-state index contributed by atoms with van der Waals surface area (Å²) in [6.45, 7) is 8.29. The molecule has 1 aromatic carbocycles. The number of hydrogen-bond donors (Lipinski definition) is 2. The highest BCUT2D eigenvalue weighted by Crippen LogP contribution is 2.49. The highest BCUT2D eigenvalue weighted by atomic mass is 35.5. The van der Waals surface area contributed by atoms with Crippen molar-refractivity contribution in [3.8, 4) is 5.75 Å². The first-order valence-corrected chi connectivity index (χ1v) is 16.2. The molecule has 48 heavy (non-hydrogen) atoms. The number of anilines is 1. The van der Waals surface area contributed by atoms with Gasteiger partial charge in [0.25, 0.3) is 0 Å². The van der Waals surface area contributed by atoms with E-state index in [2.05, 4.69) is 5.32 Å². The number of nitrogens with zero attached hydrogens (tertiary/aromatic N) is 2. The Balaban J connectivity index is 1.80. The van der Waals surface area contributed by atoms with Crippen LogP contribution in [-0.4, -0.2) is 104 Å². The summed E-state index contributed by atoms with van der Waals surface area (Å²) in [4.78, 5) is 54.7. The Morgan fingerprint density at radius 1 is 1.25 bits per heavy atom. The largest absolute Gasteiger partial charge is 0.495 e. The summed E-state index contributed by atoms with van der Waals surface area (Å²) in [6, 6.07) is 2.63. The van der Waals surface area contributed by atoms with Gasteiger partial charge >= 0.3 is 12.1 Å². The normalized spacial score (nSPS) is 33.2. The molecule has 8 atom stereocenters. The Labute approximate surface area is 286 Å². The van der Waals surface area contributed by atoms with E-state index >= 15 is 0 Å². The fourth-order valence-electron chi connectivity index (χ4n) is 6.27. The fraction of sp³-hybridized carbons (Fsp3) is 0.588. The van der Waals surface area contributed by atoms with E-state index in [0.29, 0.717) is 17.9 Å². The topological polar surface area (TPSA) is 156 Å². The maximum absolute atomic E-state index is 14.0. The van der Waals surface area contributed by atoms with Crippen molar-refractivity contribution in [2.45, 2.75) is 95.7 Å². The van der Waals surface area contributed by atoms with Gasteiger partial charge in [-0.25, -0.2) is 9.59 Å². The second-order valence-corrected chi connectivity index (χ2v) is 13.4. The number of epoxide rings is 1. The van der Waals surface area contributed by atoms with Crippen LogP contribution in [0.25, 0.3) is 0 Å². The van der Waals surface area contributed by atoms with Gasteiger partial charge in [0.05, 0.1) is 25.3 Å². The Bertz CT molecular complexity index is 1500. The van der Waals surface area contributed by atoms with E-state index in [1.165, 1.54) is 44.9 Å². The number of alkyl carbamates (subject to hydrolysis) is 1. The molecule has 2 N–H and O–H groups in total. The first kappa shape index (κ1) is 37.2. The van der Waals surface area contributed by atoms with Crippen molar-refractivity contribution in [1.29, 1.82) is 0 Å². The molecule has 0 aliphatic carbocycles. The average Bonchev–Trinajstić information content (AvgIpc) is 3.73. The number of hydrogen-bond acceptors (Lipinski definition) is 10. The van der Waals surface area contributed by atoms with Crippen LogP contribution in [-0.2, 0) is 39.8 Å². The summed E-state index contributed by atoms with van der Waals surface area (Å²) < 4.78 is 28.9. The van der Waals surface area contributed by atoms with Gasteiger partial charge in [0, 0.05) is 40.5 Å². The van der Waals surface area contributed by atoms with Gasteiger partial charge in [-0.3, -0.25) is 14.9 Å². The van der Waals surface area contributed by atoms with Crippen LogP contribution in [0, 0.1) is 5.92 Å². The van der Waals surface area contributed by atoms with Gasteiger partial charge in [-0.1, -0.05) is 42.3 Å². The van der Waals surface area contributed by atoms with Gasteiger partial charge in [-0.2, -0.15) is 0 Å². The lowest BCUT2D eigenvalue weighted by Gasteiger charge is -2.42. The predicted octanol–water partition coefficient (Wildman–Crippen LogP) is 3.53. The van der Waals surface area contributed by atoms with Crippen LogP contribution in [0.5, 0.6) is 5.75 Å². The molecule has 4 bridgehead atoms. The first-order valence-electron chi connectivity index (χ1n) is 15.8. The second-order valence-electron chi connectivity index (χ2n) is 13.0. The smallest absolute Gasteiger partial charge is 0.409 e. The molecule has 3 aliphatic rings. The van der Waals surface area contributed by atoms with Crippen LogP contribution in [0.1, 0.15) is 53.0 Å². The molecule has 0 spiro atoms. The van der Waals surface area contributed by atoms with E-state index < -0.39 is 65.7 Å². The molecule has 1 aromatic rings. The molecule has 3 heterocycles. The van der Waals surface area contributed by atoms with Gasteiger partial charge in [-0.05, 0) is 44.9 Å². The molecule has 2 fully saturated rings. The Kier molecular flexibility index (Phi) is 11.2. The van der Waals surface area contributed by atoms with Gasteiger partial charge in [0.2, 0.25) is 11.8 Å². The number of methoxy groups -OCH3 is 2. The molecule has 0 radical (unpaired) electrons. The number of benzene rings is 1. The average molecular weight is 692 g/mol.